The number of halogens is 3. The fourth-order valence-electron chi connectivity index (χ4n) is 1.15. The Kier molecular flexibility index (Phi) is 3.81. The van der Waals surface area contributed by atoms with Gasteiger partial charge in [0.1, 0.15) is 17.5 Å². The quantitative estimate of drug-likeness (QED) is 0.753. The highest BCUT2D eigenvalue weighted by molar-refractivity contribution is 6.17. The van der Waals surface area contributed by atoms with Gasteiger partial charge in [-0.2, -0.15) is 5.26 Å². The van der Waals surface area contributed by atoms with E-state index in [1.165, 1.54) is 13.2 Å². The van der Waals surface area contributed by atoms with Crippen LogP contribution < -0.4 is 4.74 Å². The van der Waals surface area contributed by atoms with E-state index in [-0.39, 0.29) is 17.3 Å². The summed E-state index contributed by atoms with van der Waals surface area (Å²) in [6.07, 6.45) is -2.80. The minimum Gasteiger partial charge on any atom is -0.494 e. The average Bonchev–Trinajstić information content (AvgIpc) is 2.26. The van der Waals surface area contributed by atoms with E-state index >= 15 is 0 Å². The van der Waals surface area contributed by atoms with E-state index in [1.54, 1.807) is 6.07 Å². The normalized spacial score (nSPS) is 10.1. The van der Waals surface area contributed by atoms with Crippen LogP contribution in [0.1, 0.15) is 23.4 Å². The zero-order chi connectivity index (χ0) is 11.4. The molecule has 1 rings (SSSR count). The summed E-state index contributed by atoms with van der Waals surface area (Å²) >= 11 is 5.55. The molecular formula is C9H7ClF2N2O. The third-order valence-corrected chi connectivity index (χ3v) is 2.03. The Morgan fingerprint density at radius 2 is 2.33 bits per heavy atom. The Hall–Kier alpha value is -1.41. The Morgan fingerprint density at radius 1 is 1.67 bits per heavy atom. The molecule has 0 bridgehead atoms. The van der Waals surface area contributed by atoms with E-state index in [0.717, 1.165) is 0 Å². The lowest BCUT2D eigenvalue weighted by atomic mass is 10.2. The van der Waals surface area contributed by atoms with Crippen LogP contribution in [0.15, 0.2) is 6.07 Å². The van der Waals surface area contributed by atoms with Gasteiger partial charge in [-0.3, -0.25) is 0 Å². The van der Waals surface area contributed by atoms with Crippen molar-refractivity contribution in [3.63, 3.8) is 0 Å². The number of hydrogen-bond donors (Lipinski definition) is 0. The lowest BCUT2D eigenvalue weighted by Gasteiger charge is -2.10. The molecule has 1 aromatic heterocycles. The van der Waals surface area contributed by atoms with Crippen molar-refractivity contribution in [1.82, 2.24) is 4.98 Å². The molecule has 0 N–H and O–H groups in total. The highest BCUT2D eigenvalue weighted by atomic mass is 35.5. The second kappa shape index (κ2) is 4.89. The van der Waals surface area contributed by atoms with E-state index in [0.29, 0.717) is 5.56 Å². The molecule has 3 nitrogen and oxygen atoms in total. The van der Waals surface area contributed by atoms with Gasteiger partial charge < -0.3 is 4.74 Å². The fraction of sp³-hybridized carbons (Fsp3) is 0.333. The van der Waals surface area contributed by atoms with Gasteiger partial charge in [0, 0.05) is 5.56 Å². The maximum absolute atomic E-state index is 12.6. The Balaban J connectivity index is 3.40. The predicted molar refractivity (Wildman–Crippen MR) is 50.0 cm³/mol. The monoisotopic (exact) mass is 232 g/mol. The molecule has 0 unspecified atom stereocenters. The molecule has 0 spiro atoms. The van der Waals surface area contributed by atoms with Crippen molar-refractivity contribution in [1.29, 1.82) is 5.26 Å². The van der Waals surface area contributed by atoms with Gasteiger partial charge >= 0.3 is 0 Å². The third kappa shape index (κ3) is 2.34. The fourth-order valence-corrected chi connectivity index (χ4v) is 1.35. The molecule has 0 aromatic carbocycles. The van der Waals surface area contributed by atoms with E-state index < -0.39 is 12.1 Å². The number of methoxy groups -OCH3 is 1. The molecule has 0 amide bonds. The van der Waals surface area contributed by atoms with Crippen molar-refractivity contribution >= 4 is 11.6 Å². The molecule has 0 fully saturated rings. The van der Waals surface area contributed by atoms with E-state index in [1.807, 2.05) is 0 Å². The Labute approximate surface area is 90.3 Å². The summed E-state index contributed by atoms with van der Waals surface area (Å²) in [4.78, 5) is 3.48. The van der Waals surface area contributed by atoms with E-state index in [4.69, 9.17) is 21.6 Å². The largest absolute Gasteiger partial charge is 0.494 e. The second-order valence-electron chi connectivity index (χ2n) is 2.63. The van der Waals surface area contributed by atoms with Crippen LogP contribution in [0.2, 0.25) is 0 Å². The Morgan fingerprint density at radius 3 is 2.73 bits per heavy atom. The van der Waals surface area contributed by atoms with Crippen molar-refractivity contribution in [2.45, 2.75) is 12.3 Å². The van der Waals surface area contributed by atoms with Crippen molar-refractivity contribution < 1.29 is 13.5 Å². The maximum atomic E-state index is 12.6. The van der Waals surface area contributed by atoms with Gasteiger partial charge in [-0.1, -0.05) is 0 Å². The number of hydrogen-bond acceptors (Lipinski definition) is 3. The molecule has 1 heterocycles. The van der Waals surface area contributed by atoms with Gasteiger partial charge in [0.25, 0.3) is 6.43 Å². The molecular weight excluding hydrogens is 226 g/mol. The van der Waals surface area contributed by atoms with Crippen LogP contribution in [0.25, 0.3) is 0 Å². The van der Waals surface area contributed by atoms with Gasteiger partial charge in [-0.25, -0.2) is 13.8 Å². The molecule has 1 aromatic rings. The summed E-state index contributed by atoms with van der Waals surface area (Å²) in [7, 11) is 1.25. The molecule has 0 aliphatic rings. The van der Waals surface area contributed by atoms with Crippen LogP contribution in [0.4, 0.5) is 8.78 Å². The molecule has 15 heavy (non-hydrogen) atoms. The van der Waals surface area contributed by atoms with E-state index in [2.05, 4.69) is 4.98 Å². The van der Waals surface area contributed by atoms with Crippen LogP contribution in [-0.2, 0) is 5.88 Å². The molecule has 0 aliphatic heterocycles. The number of nitriles is 1. The summed E-state index contributed by atoms with van der Waals surface area (Å²) < 4.78 is 29.9. The van der Waals surface area contributed by atoms with Gasteiger partial charge in [0.2, 0.25) is 0 Å². The number of ether oxygens (including phenoxy) is 1. The summed E-state index contributed by atoms with van der Waals surface area (Å²) in [6.45, 7) is 0. The first-order valence-electron chi connectivity index (χ1n) is 3.96. The smallest absolute Gasteiger partial charge is 0.284 e. The Bertz CT molecular complexity index is 404. The van der Waals surface area contributed by atoms with Crippen LogP contribution >= 0.6 is 11.6 Å². The zero-order valence-electron chi connectivity index (χ0n) is 7.80. The first kappa shape index (κ1) is 11.7. The summed E-state index contributed by atoms with van der Waals surface area (Å²) in [5.74, 6) is -0.0703. The summed E-state index contributed by atoms with van der Waals surface area (Å²) in [5, 5.41) is 8.59. The third-order valence-electron chi connectivity index (χ3n) is 1.75. The van der Waals surface area contributed by atoms with Crippen LogP contribution in [0.3, 0.4) is 0 Å². The topological polar surface area (TPSA) is 45.9 Å². The minimum atomic E-state index is -2.80. The van der Waals surface area contributed by atoms with E-state index in [9.17, 15) is 8.78 Å². The van der Waals surface area contributed by atoms with Gasteiger partial charge in [-0.05, 0) is 6.07 Å². The lowest BCUT2D eigenvalue weighted by molar-refractivity contribution is 0.141. The number of rotatable bonds is 3. The van der Waals surface area contributed by atoms with Crippen molar-refractivity contribution in [2.75, 3.05) is 7.11 Å². The lowest BCUT2D eigenvalue weighted by Crippen LogP contribution is -2.02. The molecule has 0 aliphatic carbocycles. The minimum absolute atomic E-state index is 0.0138. The van der Waals surface area contributed by atoms with Gasteiger partial charge in [-0.15, -0.1) is 11.6 Å². The summed E-state index contributed by atoms with van der Waals surface area (Å²) in [5.41, 5.74) is -0.310. The molecule has 6 heteroatoms. The van der Waals surface area contributed by atoms with Gasteiger partial charge in [0.05, 0.1) is 13.0 Å². The highest BCUT2D eigenvalue weighted by Gasteiger charge is 2.20. The maximum Gasteiger partial charge on any atom is 0.284 e. The number of aromatic nitrogens is 1. The van der Waals surface area contributed by atoms with Crippen molar-refractivity contribution in [2.24, 2.45) is 0 Å². The standard InChI is InChI=1S/C9H7ClF2N2O/c1-15-8-5(3-10)2-6(4-13)14-7(8)9(11)12/h2,9H,3H2,1H3. The second-order valence-corrected chi connectivity index (χ2v) is 2.90. The van der Waals surface area contributed by atoms with Crippen LogP contribution in [0, 0.1) is 11.3 Å². The number of alkyl halides is 3. The molecule has 0 saturated carbocycles. The van der Waals surface area contributed by atoms with Gasteiger partial charge in [0.15, 0.2) is 5.75 Å². The molecule has 0 radical (unpaired) electrons. The first-order valence-corrected chi connectivity index (χ1v) is 4.49. The average molecular weight is 233 g/mol. The van der Waals surface area contributed by atoms with Crippen LogP contribution in [0.5, 0.6) is 5.75 Å². The van der Waals surface area contributed by atoms with Crippen molar-refractivity contribution in [3.05, 3.63) is 23.0 Å². The van der Waals surface area contributed by atoms with Crippen molar-refractivity contribution in [3.8, 4) is 11.8 Å². The van der Waals surface area contributed by atoms with Crippen LogP contribution in [-0.4, -0.2) is 12.1 Å². The highest BCUT2D eigenvalue weighted by Crippen LogP contribution is 2.31. The first-order chi connectivity index (χ1) is 7.13. The zero-order valence-corrected chi connectivity index (χ0v) is 8.55. The molecule has 0 atom stereocenters. The SMILES string of the molecule is COc1c(CCl)cc(C#N)nc1C(F)F. The molecule has 0 saturated heterocycles. The predicted octanol–water partition coefficient (Wildman–Crippen LogP) is 2.64. The number of nitrogens with zero attached hydrogens (tertiary/aromatic N) is 2. The molecule has 80 valence electrons. The summed E-state index contributed by atoms with van der Waals surface area (Å²) in [6, 6.07) is 3.02. The number of pyridine rings is 1.